The van der Waals surface area contributed by atoms with Crippen LogP contribution in [-0.4, -0.2) is 9.97 Å². The second-order valence-corrected chi connectivity index (χ2v) is 2.11. The summed E-state index contributed by atoms with van der Waals surface area (Å²) in [7, 11) is 0. The Bertz CT molecular complexity index is 303. The summed E-state index contributed by atoms with van der Waals surface area (Å²) in [6.07, 6.45) is 5.35. The van der Waals surface area contributed by atoms with Crippen LogP contribution in [0.15, 0.2) is 53.7 Å². The lowest BCUT2D eigenvalue weighted by Crippen LogP contribution is -1.98. The Morgan fingerprint density at radius 1 is 0.917 bits per heavy atom. The lowest BCUT2D eigenvalue weighted by Gasteiger charge is -1.73. The van der Waals surface area contributed by atoms with E-state index in [1.807, 2.05) is 24.5 Å². The van der Waals surface area contributed by atoms with Crippen LogP contribution < -0.4 is 5.56 Å². The van der Waals surface area contributed by atoms with Crippen molar-refractivity contribution in [1.82, 2.24) is 9.97 Å². The summed E-state index contributed by atoms with van der Waals surface area (Å²) in [5, 5.41) is 0. The fraction of sp³-hybridized carbons (Fsp3) is 0. The molecule has 0 amide bonds. The largest absolute Gasteiger partial charge is 0.368 e. The SMILES string of the molecule is O=c1cccc[nH]1.c1cc[nH]c1. The van der Waals surface area contributed by atoms with E-state index in [-0.39, 0.29) is 5.56 Å². The highest BCUT2D eigenvalue weighted by molar-refractivity contribution is 4.89. The molecule has 3 nitrogen and oxygen atoms in total. The number of aromatic nitrogens is 2. The van der Waals surface area contributed by atoms with E-state index in [0.717, 1.165) is 0 Å². The van der Waals surface area contributed by atoms with Crippen LogP contribution in [0.5, 0.6) is 0 Å². The molecule has 0 bridgehead atoms. The first-order valence-corrected chi connectivity index (χ1v) is 3.61. The van der Waals surface area contributed by atoms with Crippen molar-refractivity contribution in [3.8, 4) is 0 Å². The number of aromatic amines is 2. The van der Waals surface area contributed by atoms with Crippen LogP contribution in [0, 0.1) is 0 Å². The van der Waals surface area contributed by atoms with Crippen molar-refractivity contribution in [1.29, 1.82) is 0 Å². The predicted molar refractivity (Wildman–Crippen MR) is 47.9 cm³/mol. The van der Waals surface area contributed by atoms with Gasteiger partial charge in [0.05, 0.1) is 0 Å². The second-order valence-electron chi connectivity index (χ2n) is 2.11. The molecule has 0 unspecified atom stereocenters. The first-order chi connectivity index (χ1) is 5.89. The third-order valence-electron chi connectivity index (χ3n) is 1.18. The van der Waals surface area contributed by atoms with Gasteiger partial charge in [-0.25, -0.2) is 0 Å². The molecular weight excluding hydrogens is 152 g/mol. The normalized spacial score (nSPS) is 8.33. The van der Waals surface area contributed by atoms with Gasteiger partial charge in [-0.3, -0.25) is 4.79 Å². The highest BCUT2D eigenvalue weighted by Gasteiger charge is 1.69. The lowest BCUT2D eigenvalue weighted by atomic mass is 10.5. The van der Waals surface area contributed by atoms with Crippen LogP contribution in [0.3, 0.4) is 0 Å². The van der Waals surface area contributed by atoms with Crippen LogP contribution in [-0.2, 0) is 0 Å². The first-order valence-electron chi connectivity index (χ1n) is 3.61. The molecule has 0 aliphatic carbocycles. The highest BCUT2D eigenvalue weighted by atomic mass is 16.1. The number of pyridine rings is 1. The van der Waals surface area contributed by atoms with Crippen molar-refractivity contribution in [2.45, 2.75) is 0 Å². The maximum absolute atomic E-state index is 10.2. The minimum absolute atomic E-state index is 0.0532. The van der Waals surface area contributed by atoms with Gasteiger partial charge < -0.3 is 9.97 Å². The quantitative estimate of drug-likeness (QED) is 0.604. The molecule has 12 heavy (non-hydrogen) atoms. The Morgan fingerprint density at radius 2 is 1.58 bits per heavy atom. The molecule has 3 heteroatoms. The minimum Gasteiger partial charge on any atom is -0.368 e. The van der Waals surface area contributed by atoms with Crippen LogP contribution in [0.4, 0.5) is 0 Å². The van der Waals surface area contributed by atoms with Crippen molar-refractivity contribution < 1.29 is 0 Å². The molecular formula is C9H10N2O. The van der Waals surface area contributed by atoms with Gasteiger partial charge in [0.15, 0.2) is 0 Å². The number of nitrogens with one attached hydrogen (secondary N) is 2. The molecule has 0 aromatic carbocycles. The Morgan fingerprint density at radius 3 is 1.83 bits per heavy atom. The summed E-state index contributed by atoms with van der Waals surface area (Å²) in [5.74, 6) is 0. The number of H-pyrrole nitrogens is 2. The van der Waals surface area contributed by atoms with E-state index in [2.05, 4.69) is 9.97 Å². The van der Waals surface area contributed by atoms with Gasteiger partial charge in [-0.2, -0.15) is 0 Å². The maximum atomic E-state index is 10.2. The Balaban J connectivity index is 0.000000127. The molecule has 0 aliphatic heterocycles. The van der Waals surface area contributed by atoms with Crippen molar-refractivity contribution in [2.24, 2.45) is 0 Å². The molecule has 0 spiro atoms. The van der Waals surface area contributed by atoms with Gasteiger partial charge in [0.25, 0.3) is 0 Å². The van der Waals surface area contributed by atoms with Crippen LogP contribution >= 0.6 is 0 Å². The zero-order valence-corrected chi connectivity index (χ0v) is 6.53. The fourth-order valence-corrected chi connectivity index (χ4v) is 0.655. The van der Waals surface area contributed by atoms with Gasteiger partial charge in [-0.15, -0.1) is 0 Å². The second kappa shape index (κ2) is 4.96. The van der Waals surface area contributed by atoms with E-state index in [9.17, 15) is 4.79 Å². The van der Waals surface area contributed by atoms with E-state index < -0.39 is 0 Å². The third-order valence-corrected chi connectivity index (χ3v) is 1.18. The third kappa shape index (κ3) is 3.41. The summed E-state index contributed by atoms with van der Waals surface area (Å²) in [6, 6.07) is 8.82. The van der Waals surface area contributed by atoms with Gasteiger partial charge >= 0.3 is 0 Å². The Hall–Kier alpha value is -1.77. The molecule has 2 aromatic rings. The van der Waals surface area contributed by atoms with Crippen LogP contribution in [0.1, 0.15) is 0 Å². The Kier molecular flexibility index (Phi) is 3.44. The van der Waals surface area contributed by atoms with Gasteiger partial charge in [-0.1, -0.05) is 6.07 Å². The predicted octanol–water partition coefficient (Wildman–Crippen LogP) is 1.39. The van der Waals surface area contributed by atoms with Gasteiger partial charge in [-0.05, 0) is 18.2 Å². The summed E-state index contributed by atoms with van der Waals surface area (Å²) < 4.78 is 0. The summed E-state index contributed by atoms with van der Waals surface area (Å²) in [5.41, 5.74) is -0.0532. The molecule has 0 saturated heterocycles. The first kappa shape index (κ1) is 8.33. The highest BCUT2D eigenvalue weighted by Crippen LogP contribution is 1.72. The average Bonchev–Trinajstić information content (AvgIpc) is 2.62. The van der Waals surface area contributed by atoms with Crippen molar-refractivity contribution >= 4 is 0 Å². The summed E-state index contributed by atoms with van der Waals surface area (Å²) in [6.45, 7) is 0. The summed E-state index contributed by atoms with van der Waals surface area (Å²) >= 11 is 0. The van der Waals surface area contributed by atoms with E-state index in [1.165, 1.54) is 6.07 Å². The smallest absolute Gasteiger partial charge is 0.247 e. The van der Waals surface area contributed by atoms with E-state index in [1.54, 1.807) is 18.3 Å². The zero-order chi connectivity index (χ0) is 8.65. The van der Waals surface area contributed by atoms with Gasteiger partial charge in [0.1, 0.15) is 0 Å². The zero-order valence-electron chi connectivity index (χ0n) is 6.53. The van der Waals surface area contributed by atoms with Crippen LogP contribution in [0.2, 0.25) is 0 Å². The molecule has 0 fully saturated rings. The average molecular weight is 162 g/mol. The molecule has 0 atom stereocenters. The van der Waals surface area contributed by atoms with E-state index in [0.29, 0.717) is 0 Å². The summed E-state index contributed by atoms with van der Waals surface area (Å²) in [4.78, 5) is 15.6. The molecule has 2 rings (SSSR count). The molecule has 2 aromatic heterocycles. The Labute approximate surface area is 70.1 Å². The minimum atomic E-state index is -0.0532. The number of hydrogen-bond donors (Lipinski definition) is 2. The molecule has 0 radical (unpaired) electrons. The van der Waals surface area contributed by atoms with Crippen LogP contribution in [0.25, 0.3) is 0 Å². The monoisotopic (exact) mass is 162 g/mol. The van der Waals surface area contributed by atoms with Gasteiger partial charge in [0.2, 0.25) is 5.56 Å². The molecule has 0 aliphatic rings. The van der Waals surface area contributed by atoms with Crippen molar-refractivity contribution in [3.05, 3.63) is 59.3 Å². The molecule has 2 heterocycles. The van der Waals surface area contributed by atoms with Gasteiger partial charge in [0, 0.05) is 24.7 Å². The van der Waals surface area contributed by atoms with E-state index in [4.69, 9.17) is 0 Å². The topological polar surface area (TPSA) is 48.6 Å². The molecule has 0 saturated carbocycles. The van der Waals surface area contributed by atoms with Crippen molar-refractivity contribution in [2.75, 3.05) is 0 Å². The molecule has 2 N–H and O–H groups in total. The fourth-order valence-electron chi connectivity index (χ4n) is 0.655. The maximum Gasteiger partial charge on any atom is 0.247 e. The number of hydrogen-bond acceptors (Lipinski definition) is 1. The van der Waals surface area contributed by atoms with E-state index >= 15 is 0 Å². The van der Waals surface area contributed by atoms with Crippen molar-refractivity contribution in [3.63, 3.8) is 0 Å². The lowest BCUT2D eigenvalue weighted by molar-refractivity contribution is 1.24. The number of rotatable bonds is 0. The molecule has 62 valence electrons. The standard InChI is InChI=1S/C5H5NO.C4H5N/c7-5-3-1-2-4-6-5;1-2-4-5-3-1/h1-4H,(H,6,7);1-5H.